The average Bonchev–Trinajstić information content (AvgIpc) is 2.66. The monoisotopic (exact) mass is 363 g/mol. The van der Waals surface area contributed by atoms with E-state index in [1.807, 2.05) is 49.2 Å². The van der Waals surface area contributed by atoms with Crippen molar-refractivity contribution in [2.24, 2.45) is 5.92 Å². The lowest BCUT2D eigenvalue weighted by Gasteiger charge is -2.32. The predicted octanol–water partition coefficient (Wildman–Crippen LogP) is 0.189. The zero-order valence-electron chi connectivity index (χ0n) is 16.0. The summed E-state index contributed by atoms with van der Waals surface area (Å²) in [6.45, 7) is 7.73. The third kappa shape index (κ3) is 6.31. The van der Waals surface area contributed by atoms with Crippen molar-refractivity contribution < 1.29 is 19.2 Å². The summed E-state index contributed by atoms with van der Waals surface area (Å²) < 4.78 is 5.26. The predicted molar refractivity (Wildman–Crippen MR) is 99.3 cm³/mol. The summed E-state index contributed by atoms with van der Waals surface area (Å²) >= 11 is 0. The molecule has 2 rings (SSSR count). The van der Waals surface area contributed by atoms with E-state index in [-0.39, 0.29) is 18.4 Å². The second-order valence-electron chi connectivity index (χ2n) is 6.99. The van der Waals surface area contributed by atoms with Gasteiger partial charge in [-0.1, -0.05) is 50.6 Å². The van der Waals surface area contributed by atoms with Gasteiger partial charge in [-0.15, -0.1) is 0 Å². The Hall–Kier alpha value is -2.12. The molecule has 1 aliphatic rings. The van der Waals surface area contributed by atoms with Crippen LogP contribution in [-0.4, -0.2) is 56.3 Å². The van der Waals surface area contributed by atoms with Gasteiger partial charge in [-0.25, -0.2) is 9.80 Å². The lowest BCUT2D eigenvalue weighted by molar-refractivity contribution is -0.884. The number of hydrazine groups is 1. The summed E-state index contributed by atoms with van der Waals surface area (Å²) in [6, 6.07) is 8.86. The maximum absolute atomic E-state index is 12.7. The van der Waals surface area contributed by atoms with E-state index in [2.05, 4.69) is 17.8 Å². The highest BCUT2D eigenvalue weighted by molar-refractivity contribution is 5.85. The van der Waals surface area contributed by atoms with E-state index in [1.54, 1.807) is 0 Å². The molecular weight excluding hydrogens is 332 g/mol. The second-order valence-corrected chi connectivity index (χ2v) is 6.99. The molecule has 0 bridgehead atoms. The van der Waals surface area contributed by atoms with Crippen LogP contribution in [0.15, 0.2) is 30.3 Å². The minimum absolute atomic E-state index is 0.0114. The second kappa shape index (κ2) is 10.1. The molecule has 0 spiro atoms. The van der Waals surface area contributed by atoms with E-state index in [0.717, 1.165) is 38.2 Å². The quantitative estimate of drug-likeness (QED) is 0.647. The molecule has 1 fully saturated rings. The third-order valence-electron chi connectivity index (χ3n) is 4.87. The summed E-state index contributed by atoms with van der Waals surface area (Å²) in [5.41, 5.74) is 3.85. The highest BCUT2D eigenvalue weighted by Gasteiger charge is 2.29. The molecule has 1 aromatic rings. The Balaban J connectivity index is 1.87. The van der Waals surface area contributed by atoms with E-state index in [4.69, 9.17) is 4.74 Å². The van der Waals surface area contributed by atoms with Gasteiger partial charge in [0, 0.05) is 0 Å². The standard InChI is InChI=1S/C19H30N4O3/c1-4-15(2)17(18(24)21-23-12-10-22(3)11-13-23)20-19(25)26-14-16-8-6-5-7-9-16/h5-9,15,17H,4,10-14H2,1-3H3,(H,20,25)(H,21,24)/p+1/t15-,17-/m0/s1. The number of nitrogens with zero attached hydrogens (tertiary/aromatic N) is 1. The Bertz CT molecular complexity index is 573. The summed E-state index contributed by atoms with van der Waals surface area (Å²) in [5.74, 6) is -0.173. The first-order chi connectivity index (χ1) is 12.5. The normalized spacial score (nSPS) is 18.0. The van der Waals surface area contributed by atoms with Gasteiger partial charge in [0.05, 0.1) is 33.2 Å². The molecule has 0 unspecified atom stereocenters. The summed E-state index contributed by atoms with van der Waals surface area (Å²) in [5, 5.41) is 4.66. The number of hydrogen-bond acceptors (Lipinski definition) is 4. The molecule has 1 aromatic carbocycles. The molecular formula is C19H31N4O3+. The smallest absolute Gasteiger partial charge is 0.408 e. The van der Waals surface area contributed by atoms with Crippen LogP contribution < -0.4 is 15.6 Å². The Kier molecular flexibility index (Phi) is 7.87. The van der Waals surface area contributed by atoms with Crippen molar-refractivity contribution in [2.75, 3.05) is 33.2 Å². The van der Waals surface area contributed by atoms with Crippen LogP contribution in [0.4, 0.5) is 4.79 Å². The molecule has 1 aliphatic heterocycles. The van der Waals surface area contributed by atoms with E-state index in [0.29, 0.717) is 0 Å². The maximum atomic E-state index is 12.7. The zero-order chi connectivity index (χ0) is 18.9. The molecule has 0 aliphatic carbocycles. The molecule has 7 nitrogen and oxygen atoms in total. The molecule has 3 N–H and O–H groups in total. The van der Waals surface area contributed by atoms with Crippen molar-refractivity contribution in [3.63, 3.8) is 0 Å². The van der Waals surface area contributed by atoms with Gasteiger partial charge >= 0.3 is 6.09 Å². The highest BCUT2D eigenvalue weighted by Crippen LogP contribution is 2.09. The molecule has 7 heteroatoms. The highest BCUT2D eigenvalue weighted by atomic mass is 16.5. The van der Waals surface area contributed by atoms with Crippen molar-refractivity contribution >= 4 is 12.0 Å². The van der Waals surface area contributed by atoms with Crippen LogP contribution in [0.25, 0.3) is 0 Å². The number of carbonyl (C=O) groups excluding carboxylic acids is 2. The van der Waals surface area contributed by atoms with Crippen LogP contribution in [0.1, 0.15) is 25.8 Å². The van der Waals surface area contributed by atoms with Gasteiger partial charge < -0.3 is 15.0 Å². The van der Waals surface area contributed by atoms with Crippen LogP contribution in [0.5, 0.6) is 0 Å². The summed E-state index contributed by atoms with van der Waals surface area (Å²) in [7, 11) is 2.14. The number of nitrogens with one attached hydrogen (secondary N) is 3. The number of carbonyl (C=O) groups is 2. The molecule has 0 saturated carbocycles. The fraction of sp³-hybridized carbons (Fsp3) is 0.579. The molecule has 0 radical (unpaired) electrons. The minimum atomic E-state index is -0.615. The number of piperazine rings is 1. The maximum Gasteiger partial charge on any atom is 0.408 e. The number of alkyl carbamates (subject to hydrolysis) is 1. The molecule has 26 heavy (non-hydrogen) atoms. The number of quaternary nitrogens is 1. The lowest BCUT2D eigenvalue weighted by Crippen LogP contribution is -3.12. The first-order valence-electron chi connectivity index (χ1n) is 9.33. The zero-order valence-corrected chi connectivity index (χ0v) is 16.0. The van der Waals surface area contributed by atoms with Crippen molar-refractivity contribution in [1.82, 2.24) is 15.8 Å². The topological polar surface area (TPSA) is 75.1 Å². The number of rotatable bonds is 7. The molecule has 2 amide bonds. The van der Waals surface area contributed by atoms with Crippen molar-refractivity contribution in [2.45, 2.75) is 32.9 Å². The molecule has 2 atom stereocenters. The van der Waals surface area contributed by atoms with Crippen LogP contribution in [-0.2, 0) is 16.1 Å². The van der Waals surface area contributed by atoms with Crippen molar-refractivity contribution in [1.29, 1.82) is 0 Å². The molecule has 1 heterocycles. The Morgan fingerprint density at radius 3 is 2.50 bits per heavy atom. The largest absolute Gasteiger partial charge is 0.445 e. The lowest BCUT2D eigenvalue weighted by atomic mass is 9.99. The van der Waals surface area contributed by atoms with Crippen LogP contribution in [0, 0.1) is 5.92 Å². The van der Waals surface area contributed by atoms with E-state index in [9.17, 15) is 9.59 Å². The minimum Gasteiger partial charge on any atom is -0.445 e. The fourth-order valence-electron chi connectivity index (χ4n) is 2.82. The first-order valence-corrected chi connectivity index (χ1v) is 9.33. The molecule has 1 saturated heterocycles. The van der Waals surface area contributed by atoms with Gasteiger partial charge in [-0.05, 0) is 11.5 Å². The van der Waals surface area contributed by atoms with Crippen molar-refractivity contribution in [3.05, 3.63) is 35.9 Å². The fourth-order valence-corrected chi connectivity index (χ4v) is 2.82. The first kappa shape index (κ1) is 20.2. The van der Waals surface area contributed by atoms with E-state index < -0.39 is 12.1 Å². The molecule has 0 aromatic heterocycles. The Morgan fingerprint density at radius 2 is 1.88 bits per heavy atom. The van der Waals surface area contributed by atoms with Gasteiger partial charge in [0.2, 0.25) is 0 Å². The van der Waals surface area contributed by atoms with Crippen LogP contribution in [0.2, 0.25) is 0 Å². The Morgan fingerprint density at radius 1 is 1.23 bits per heavy atom. The number of likely N-dealkylation sites (N-methyl/N-ethyl adjacent to an activating group) is 1. The van der Waals surface area contributed by atoms with Gasteiger partial charge in [-0.3, -0.25) is 10.2 Å². The number of ether oxygens (including phenoxy) is 1. The third-order valence-corrected chi connectivity index (χ3v) is 4.87. The van der Waals surface area contributed by atoms with E-state index >= 15 is 0 Å². The summed E-state index contributed by atoms with van der Waals surface area (Å²) in [6.07, 6.45) is 0.210. The van der Waals surface area contributed by atoms with Crippen LogP contribution in [0.3, 0.4) is 0 Å². The van der Waals surface area contributed by atoms with Gasteiger partial charge in [0.15, 0.2) is 0 Å². The van der Waals surface area contributed by atoms with Gasteiger partial charge in [0.1, 0.15) is 12.6 Å². The van der Waals surface area contributed by atoms with Gasteiger partial charge in [0.25, 0.3) is 5.91 Å². The van der Waals surface area contributed by atoms with Crippen molar-refractivity contribution in [3.8, 4) is 0 Å². The average molecular weight is 363 g/mol. The molecule has 144 valence electrons. The number of hydrogen-bond donors (Lipinski definition) is 3. The van der Waals surface area contributed by atoms with Crippen LogP contribution >= 0.6 is 0 Å². The Labute approximate surface area is 155 Å². The summed E-state index contributed by atoms with van der Waals surface area (Å²) in [4.78, 5) is 26.3. The number of benzene rings is 1. The SMILES string of the molecule is CC[C@H](C)[C@H](NC(=O)OCc1ccccc1)C(=O)NN1CC[NH+](C)CC1. The van der Waals surface area contributed by atoms with E-state index in [1.165, 1.54) is 4.90 Å². The number of amides is 2. The van der Waals surface area contributed by atoms with Gasteiger partial charge in [-0.2, -0.15) is 0 Å².